The van der Waals surface area contributed by atoms with E-state index in [0.29, 0.717) is 5.56 Å². The van der Waals surface area contributed by atoms with Gasteiger partial charge in [0.1, 0.15) is 5.82 Å². The SMILES string of the molecule is NCC(c1ccc(F)cc1)n1cc(C(N)=O)cn1. The Bertz CT molecular complexity index is 549. The molecule has 0 radical (unpaired) electrons. The van der Waals surface area contributed by atoms with Crippen molar-refractivity contribution in [2.24, 2.45) is 11.5 Å². The minimum Gasteiger partial charge on any atom is -0.366 e. The van der Waals surface area contributed by atoms with Gasteiger partial charge in [-0.1, -0.05) is 12.1 Å². The van der Waals surface area contributed by atoms with Crippen LogP contribution in [0.4, 0.5) is 4.39 Å². The molecule has 0 aliphatic rings. The van der Waals surface area contributed by atoms with Crippen LogP contribution in [0, 0.1) is 5.82 Å². The molecule has 0 saturated heterocycles. The smallest absolute Gasteiger partial charge is 0.251 e. The van der Waals surface area contributed by atoms with Gasteiger partial charge in [0.05, 0.1) is 17.8 Å². The zero-order valence-corrected chi connectivity index (χ0v) is 9.58. The number of nitrogens with two attached hydrogens (primary N) is 2. The van der Waals surface area contributed by atoms with Crippen molar-refractivity contribution in [2.45, 2.75) is 6.04 Å². The van der Waals surface area contributed by atoms with Gasteiger partial charge in [0, 0.05) is 12.7 Å². The van der Waals surface area contributed by atoms with Crippen LogP contribution in [0.3, 0.4) is 0 Å². The minimum absolute atomic E-state index is 0.251. The summed E-state index contributed by atoms with van der Waals surface area (Å²) in [5.41, 5.74) is 12.0. The fourth-order valence-corrected chi connectivity index (χ4v) is 1.72. The minimum atomic E-state index is -0.545. The number of rotatable bonds is 4. The Morgan fingerprint density at radius 1 is 1.39 bits per heavy atom. The lowest BCUT2D eigenvalue weighted by molar-refractivity contribution is 0.1000. The molecular weight excluding hydrogens is 235 g/mol. The number of carbonyl (C=O) groups is 1. The van der Waals surface area contributed by atoms with Gasteiger partial charge in [-0.15, -0.1) is 0 Å². The normalized spacial score (nSPS) is 12.3. The van der Waals surface area contributed by atoms with Crippen molar-refractivity contribution >= 4 is 5.91 Å². The Balaban J connectivity index is 2.32. The maximum absolute atomic E-state index is 12.9. The molecular formula is C12H13FN4O. The van der Waals surface area contributed by atoms with Crippen molar-refractivity contribution in [1.82, 2.24) is 9.78 Å². The lowest BCUT2D eigenvalue weighted by Crippen LogP contribution is -2.21. The Morgan fingerprint density at radius 2 is 2.06 bits per heavy atom. The van der Waals surface area contributed by atoms with Crippen LogP contribution < -0.4 is 11.5 Å². The Labute approximate surface area is 103 Å². The topological polar surface area (TPSA) is 86.9 Å². The predicted octanol–water partition coefficient (Wildman–Crippen LogP) is 0.669. The molecule has 1 amide bonds. The van der Waals surface area contributed by atoms with Crippen molar-refractivity contribution in [1.29, 1.82) is 0 Å². The van der Waals surface area contributed by atoms with E-state index in [1.165, 1.54) is 24.5 Å². The lowest BCUT2D eigenvalue weighted by atomic mass is 10.1. The summed E-state index contributed by atoms with van der Waals surface area (Å²) in [4.78, 5) is 11.0. The highest BCUT2D eigenvalue weighted by Gasteiger charge is 2.14. The predicted molar refractivity (Wildman–Crippen MR) is 64.3 cm³/mol. The van der Waals surface area contributed by atoms with Gasteiger partial charge in [-0.05, 0) is 17.7 Å². The van der Waals surface area contributed by atoms with Gasteiger partial charge in [-0.2, -0.15) is 5.10 Å². The summed E-state index contributed by atoms with van der Waals surface area (Å²) in [5, 5.41) is 4.05. The van der Waals surface area contributed by atoms with Gasteiger partial charge in [-0.25, -0.2) is 4.39 Å². The molecule has 1 aromatic carbocycles. The molecule has 0 fully saturated rings. The Morgan fingerprint density at radius 3 is 2.56 bits per heavy atom. The van der Waals surface area contributed by atoms with Crippen molar-refractivity contribution in [3.63, 3.8) is 0 Å². The lowest BCUT2D eigenvalue weighted by Gasteiger charge is -2.15. The molecule has 0 bridgehead atoms. The van der Waals surface area contributed by atoms with E-state index in [2.05, 4.69) is 5.10 Å². The number of aromatic nitrogens is 2. The highest BCUT2D eigenvalue weighted by molar-refractivity contribution is 5.92. The molecule has 2 aromatic rings. The van der Waals surface area contributed by atoms with E-state index in [-0.39, 0.29) is 18.4 Å². The van der Waals surface area contributed by atoms with Gasteiger partial charge < -0.3 is 11.5 Å². The first kappa shape index (κ1) is 12.3. The first-order valence-electron chi connectivity index (χ1n) is 5.41. The molecule has 0 aliphatic carbocycles. The zero-order valence-electron chi connectivity index (χ0n) is 9.58. The summed E-state index contributed by atoms with van der Waals surface area (Å²) >= 11 is 0. The molecule has 0 aliphatic heterocycles. The van der Waals surface area contributed by atoms with E-state index in [4.69, 9.17) is 11.5 Å². The number of halogens is 1. The number of nitrogens with zero attached hydrogens (tertiary/aromatic N) is 2. The molecule has 0 saturated carbocycles. The van der Waals surface area contributed by atoms with Gasteiger partial charge in [0.2, 0.25) is 0 Å². The number of benzene rings is 1. The highest BCUT2D eigenvalue weighted by atomic mass is 19.1. The van der Waals surface area contributed by atoms with Crippen LogP contribution in [0.5, 0.6) is 0 Å². The number of amides is 1. The molecule has 1 unspecified atom stereocenters. The van der Waals surface area contributed by atoms with Crippen LogP contribution in [0.1, 0.15) is 22.0 Å². The number of carbonyl (C=O) groups excluding carboxylic acids is 1. The highest BCUT2D eigenvalue weighted by Crippen LogP contribution is 2.17. The molecule has 94 valence electrons. The molecule has 5 nitrogen and oxygen atoms in total. The number of hydrogen-bond acceptors (Lipinski definition) is 3. The van der Waals surface area contributed by atoms with E-state index >= 15 is 0 Å². The fourth-order valence-electron chi connectivity index (χ4n) is 1.72. The second-order valence-corrected chi connectivity index (χ2v) is 3.88. The van der Waals surface area contributed by atoms with Crippen LogP contribution in [0.15, 0.2) is 36.7 Å². The zero-order chi connectivity index (χ0) is 13.1. The molecule has 6 heteroatoms. The molecule has 18 heavy (non-hydrogen) atoms. The molecule has 4 N–H and O–H groups in total. The van der Waals surface area contributed by atoms with E-state index in [0.717, 1.165) is 5.56 Å². The summed E-state index contributed by atoms with van der Waals surface area (Å²) in [6, 6.07) is 5.74. The third kappa shape index (κ3) is 2.38. The van der Waals surface area contributed by atoms with Gasteiger partial charge in [0.25, 0.3) is 5.91 Å². The summed E-state index contributed by atoms with van der Waals surface area (Å²) < 4.78 is 14.4. The molecule has 2 rings (SSSR count). The Hall–Kier alpha value is -2.21. The summed E-state index contributed by atoms with van der Waals surface area (Å²) in [6.45, 7) is 0.283. The van der Waals surface area contributed by atoms with E-state index in [1.807, 2.05) is 0 Å². The van der Waals surface area contributed by atoms with Gasteiger partial charge >= 0.3 is 0 Å². The molecule has 1 heterocycles. The first-order chi connectivity index (χ1) is 8.61. The Kier molecular flexibility index (Phi) is 3.38. The van der Waals surface area contributed by atoms with E-state index < -0.39 is 5.91 Å². The number of primary amides is 1. The van der Waals surface area contributed by atoms with Crippen molar-refractivity contribution < 1.29 is 9.18 Å². The average molecular weight is 248 g/mol. The van der Waals surface area contributed by atoms with Crippen LogP contribution in [-0.4, -0.2) is 22.2 Å². The quantitative estimate of drug-likeness (QED) is 0.833. The van der Waals surface area contributed by atoms with Crippen molar-refractivity contribution in [3.8, 4) is 0 Å². The molecule has 1 aromatic heterocycles. The number of hydrogen-bond donors (Lipinski definition) is 2. The van der Waals surface area contributed by atoms with Gasteiger partial charge in [0.15, 0.2) is 0 Å². The van der Waals surface area contributed by atoms with E-state index in [9.17, 15) is 9.18 Å². The molecule has 0 spiro atoms. The monoisotopic (exact) mass is 248 g/mol. The van der Waals surface area contributed by atoms with Crippen LogP contribution in [0.25, 0.3) is 0 Å². The summed E-state index contributed by atoms with van der Waals surface area (Å²) in [7, 11) is 0. The van der Waals surface area contributed by atoms with Crippen LogP contribution in [0.2, 0.25) is 0 Å². The second kappa shape index (κ2) is 4.97. The largest absolute Gasteiger partial charge is 0.366 e. The summed E-state index contributed by atoms with van der Waals surface area (Å²) in [5.74, 6) is -0.857. The standard InChI is InChI=1S/C12H13FN4O/c13-10-3-1-8(2-4-10)11(5-14)17-7-9(6-16-17)12(15)18/h1-4,6-7,11H,5,14H2,(H2,15,18). The second-order valence-electron chi connectivity index (χ2n) is 3.88. The maximum atomic E-state index is 12.9. The van der Waals surface area contributed by atoms with E-state index in [1.54, 1.807) is 16.8 Å². The van der Waals surface area contributed by atoms with Crippen molar-refractivity contribution in [3.05, 3.63) is 53.6 Å². The third-order valence-electron chi connectivity index (χ3n) is 2.68. The average Bonchev–Trinajstić information content (AvgIpc) is 2.82. The molecule has 1 atom stereocenters. The third-order valence-corrected chi connectivity index (χ3v) is 2.68. The van der Waals surface area contributed by atoms with Gasteiger partial charge in [-0.3, -0.25) is 9.48 Å². The first-order valence-corrected chi connectivity index (χ1v) is 5.41. The fraction of sp³-hybridized carbons (Fsp3) is 0.167. The van der Waals surface area contributed by atoms with Crippen molar-refractivity contribution in [2.75, 3.05) is 6.54 Å². The van der Waals surface area contributed by atoms with Crippen LogP contribution in [-0.2, 0) is 0 Å². The maximum Gasteiger partial charge on any atom is 0.251 e. The summed E-state index contributed by atoms with van der Waals surface area (Å²) in [6.07, 6.45) is 2.91. The van der Waals surface area contributed by atoms with Crippen LogP contribution >= 0.6 is 0 Å².